The second-order valence-corrected chi connectivity index (χ2v) is 3.35. The van der Waals surface area contributed by atoms with E-state index in [1.165, 1.54) is 20.3 Å². The molecule has 1 aromatic rings. The molecule has 0 radical (unpaired) electrons. The smallest absolute Gasteiger partial charge is 0.183 e. The van der Waals surface area contributed by atoms with E-state index in [9.17, 15) is 13.9 Å². The third kappa shape index (κ3) is 3.23. The molecule has 0 amide bonds. The van der Waals surface area contributed by atoms with Crippen LogP contribution in [0.15, 0.2) is 18.2 Å². The first-order valence-electron chi connectivity index (χ1n) is 4.76. The molecular weight excluding hydrogens is 218 g/mol. The number of halogens is 2. The zero-order valence-electron chi connectivity index (χ0n) is 9.11. The van der Waals surface area contributed by atoms with E-state index >= 15 is 0 Å². The van der Waals surface area contributed by atoms with E-state index in [0.717, 1.165) is 12.1 Å². The lowest BCUT2D eigenvalue weighted by Crippen LogP contribution is -2.31. The number of hydrogen-bond donors (Lipinski definition) is 1. The Balaban J connectivity index is 2.72. The van der Waals surface area contributed by atoms with Gasteiger partial charge in [0.1, 0.15) is 17.7 Å². The molecule has 5 heteroatoms. The van der Waals surface area contributed by atoms with Crippen molar-refractivity contribution in [2.45, 2.75) is 18.8 Å². The molecule has 0 aromatic heterocycles. The van der Waals surface area contributed by atoms with Crippen LogP contribution in [0, 0.1) is 11.6 Å². The molecule has 1 unspecified atom stereocenters. The summed E-state index contributed by atoms with van der Waals surface area (Å²) in [5.74, 6) is -1.34. The van der Waals surface area contributed by atoms with Crippen molar-refractivity contribution in [1.29, 1.82) is 0 Å². The van der Waals surface area contributed by atoms with Gasteiger partial charge in [-0.1, -0.05) is 6.07 Å². The van der Waals surface area contributed by atoms with Crippen LogP contribution < -0.4 is 0 Å². The highest BCUT2D eigenvalue weighted by Crippen LogP contribution is 2.14. The average molecular weight is 232 g/mol. The summed E-state index contributed by atoms with van der Waals surface area (Å²) in [5.41, 5.74) is 0.216. The van der Waals surface area contributed by atoms with Crippen molar-refractivity contribution in [2.75, 3.05) is 14.2 Å². The predicted molar refractivity (Wildman–Crippen MR) is 53.9 cm³/mol. The second kappa shape index (κ2) is 5.89. The Morgan fingerprint density at radius 3 is 2.38 bits per heavy atom. The van der Waals surface area contributed by atoms with E-state index in [0.29, 0.717) is 0 Å². The Bertz CT molecular complexity index is 340. The molecule has 0 aliphatic heterocycles. The summed E-state index contributed by atoms with van der Waals surface area (Å²) >= 11 is 0. The zero-order chi connectivity index (χ0) is 12.1. The summed E-state index contributed by atoms with van der Waals surface area (Å²) in [6.45, 7) is 0. The molecule has 0 fully saturated rings. The van der Waals surface area contributed by atoms with Gasteiger partial charge in [-0.15, -0.1) is 0 Å². The molecular formula is C11H14F2O3. The van der Waals surface area contributed by atoms with Crippen LogP contribution >= 0.6 is 0 Å². The predicted octanol–water partition coefficient (Wildman–Crippen LogP) is 1.49. The second-order valence-electron chi connectivity index (χ2n) is 3.35. The van der Waals surface area contributed by atoms with E-state index < -0.39 is 24.0 Å². The summed E-state index contributed by atoms with van der Waals surface area (Å²) in [4.78, 5) is 0. The Kier molecular flexibility index (Phi) is 4.79. The molecule has 1 aromatic carbocycles. The molecule has 0 bridgehead atoms. The fraction of sp³-hybridized carbons (Fsp3) is 0.455. The Hall–Kier alpha value is -1.04. The lowest BCUT2D eigenvalue weighted by Gasteiger charge is -2.20. The number of methoxy groups -OCH3 is 2. The van der Waals surface area contributed by atoms with Crippen LogP contribution in [-0.4, -0.2) is 31.7 Å². The van der Waals surface area contributed by atoms with Crippen molar-refractivity contribution < 1.29 is 23.4 Å². The van der Waals surface area contributed by atoms with E-state index in [2.05, 4.69) is 0 Å². The molecule has 90 valence electrons. The summed E-state index contributed by atoms with van der Waals surface area (Å²) in [6.07, 6.45) is -1.84. The molecule has 1 rings (SSSR count). The topological polar surface area (TPSA) is 38.7 Å². The number of ether oxygens (including phenoxy) is 2. The van der Waals surface area contributed by atoms with Crippen molar-refractivity contribution in [3.8, 4) is 0 Å². The first-order valence-corrected chi connectivity index (χ1v) is 4.76. The van der Waals surface area contributed by atoms with Crippen molar-refractivity contribution in [1.82, 2.24) is 0 Å². The third-order valence-corrected chi connectivity index (χ3v) is 2.22. The number of hydrogen-bond acceptors (Lipinski definition) is 3. The maximum Gasteiger partial charge on any atom is 0.183 e. The van der Waals surface area contributed by atoms with Crippen molar-refractivity contribution in [3.05, 3.63) is 35.4 Å². The van der Waals surface area contributed by atoms with Gasteiger partial charge in [-0.25, -0.2) is 8.78 Å². The Morgan fingerprint density at radius 1 is 1.25 bits per heavy atom. The first kappa shape index (κ1) is 13.0. The van der Waals surface area contributed by atoms with Gasteiger partial charge in [-0.2, -0.15) is 0 Å². The normalized spacial score (nSPS) is 13.1. The van der Waals surface area contributed by atoms with Crippen LogP contribution in [0.2, 0.25) is 0 Å². The largest absolute Gasteiger partial charge is 0.387 e. The van der Waals surface area contributed by atoms with E-state index in [4.69, 9.17) is 9.47 Å². The first-order chi connectivity index (χ1) is 7.58. The minimum absolute atomic E-state index is 0.00153. The minimum atomic E-state index is -1.00. The van der Waals surface area contributed by atoms with E-state index in [-0.39, 0.29) is 12.0 Å². The van der Waals surface area contributed by atoms with Gasteiger partial charge in [0.25, 0.3) is 0 Å². The van der Waals surface area contributed by atoms with Crippen LogP contribution in [0.1, 0.15) is 5.56 Å². The molecule has 0 aliphatic rings. The maximum absolute atomic E-state index is 13.2. The van der Waals surface area contributed by atoms with E-state index in [1.54, 1.807) is 0 Å². The molecule has 1 atom stereocenters. The molecule has 0 aliphatic carbocycles. The number of rotatable bonds is 5. The molecule has 0 spiro atoms. The number of benzene rings is 1. The van der Waals surface area contributed by atoms with Gasteiger partial charge >= 0.3 is 0 Å². The van der Waals surface area contributed by atoms with Gasteiger partial charge in [-0.3, -0.25) is 0 Å². The lowest BCUT2D eigenvalue weighted by atomic mass is 10.1. The third-order valence-electron chi connectivity index (χ3n) is 2.22. The summed E-state index contributed by atoms with van der Waals surface area (Å²) in [6, 6.07) is 3.20. The van der Waals surface area contributed by atoms with E-state index in [1.807, 2.05) is 0 Å². The van der Waals surface area contributed by atoms with Crippen molar-refractivity contribution >= 4 is 0 Å². The highest BCUT2D eigenvalue weighted by molar-refractivity contribution is 5.19. The number of aliphatic hydroxyl groups is 1. The maximum atomic E-state index is 13.2. The fourth-order valence-corrected chi connectivity index (χ4v) is 1.42. The highest BCUT2D eigenvalue weighted by Gasteiger charge is 2.19. The Morgan fingerprint density at radius 2 is 1.88 bits per heavy atom. The molecule has 16 heavy (non-hydrogen) atoms. The van der Waals surface area contributed by atoms with Crippen molar-refractivity contribution in [2.24, 2.45) is 0 Å². The molecule has 3 nitrogen and oxygen atoms in total. The van der Waals surface area contributed by atoms with Gasteiger partial charge in [0.15, 0.2) is 6.29 Å². The fourth-order valence-electron chi connectivity index (χ4n) is 1.42. The monoisotopic (exact) mass is 232 g/mol. The lowest BCUT2D eigenvalue weighted by molar-refractivity contribution is -0.163. The summed E-state index contributed by atoms with van der Waals surface area (Å²) in [5, 5.41) is 9.65. The van der Waals surface area contributed by atoms with Gasteiger partial charge in [-0.05, 0) is 11.6 Å². The Labute approximate surface area is 92.6 Å². The van der Waals surface area contributed by atoms with Gasteiger partial charge in [0, 0.05) is 26.7 Å². The summed E-state index contributed by atoms with van der Waals surface area (Å²) in [7, 11) is 2.75. The van der Waals surface area contributed by atoms with Gasteiger partial charge < -0.3 is 14.6 Å². The molecule has 0 saturated heterocycles. The number of aliphatic hydroxyl groups excluding tert-OH is 1. The quantitative estimate of drug-likeness (QED) is 0.782. The van der Waals surface area contributed by atoms with Crippen molar-refractivity contribution in [3.63, 3.8) is 0 Å². The van der Waals surface area contributed by atoms with Crippen LogP contribution in [0.5, 0.6) is 0 Å². The zero-order valence-corrected chi connectivity index (χ0v) is 9.11. The van der Waals surface area contributed by atoms with Gasteiger partial charge in [0.05, 0.1) is 0 Å². The molecule has 1 N–H and O–H groups in total. The highest BCUT2D eigenvalue weighted by atomic mass is 19.1. The van der Waals surface area contributed by atoms with Crippen LogP contribution in [-0.2, 0) is 15.9 Å². The minimum Gasteiger partial charge on any atom is -0.387 e. The summed E-state index contributed by atoms with van der Waals surface area (Å²) < 4.78 is 35.5. The SMILES string of the molecule is COC(OC)C(O)Cc1ccc(F)cc1F. The molecule has 0 saturated carbocycles. The molecule has 0 heterocycles. The van der Waals surface area contributed by atoms with Gasteiger partial charge in [0.2, 0.25) is 0 Å². The van der Waals surface area contributed by atoms with Crippen LogP contribution in [0.3, 0.4) is 0 Å². The standard InChI is InChI=1S/C11H14F2O3/c1-15-11(16-2)10(14)5-7-3-4-8(12)6-9(7)13/h3-4,6,10-11,14H,5H2,1-2H3. The van der Waals surface area contributed by atoms with Crippen LogP contribution in [0.4, 0.5) is 8.78 Å². The van der Waals surface area contributed by atoms with Crippen LogP contribution in [0.25, 0.3) is 0 Å². The average Bonchev–Trinajstić information content (AvgIpc) is 2.24.